The number of nitrogens with one attached hydrogen (secondary N) is 2. The van der Waals surface area contributed by atoms with Crippen LogP contribution >= 0.6 is 22.9 Å². The van der Waals surface area contributed by atoms with E-state index >= 15 is 0 Å². The molecule has 2 aliphatic rings. The highest BCUT2D eigenvalue weighted by Gasteiger charge is 2.32. The molecule has 2 aromatic rings. The van der Waals surface area contributed by atoms with Crippen molar-refractivity contribution in [3.63, 3.8) is 0 Å². The number of benzene rings is 1. The van der Waals surface area contributed by atoms with E-state index in [0.717, 1.165) is 43.7 Å². The molecule has 2 atom stereocenters. The Kier molecular flexibility index (Phi) is 6.29. The van der Waals surface area contributed by atoms with Crippen LogP contribution in [-0.4, -0.2) is 43.5 Å². The van der Waals surface area contributed by atoms with Gasteiger partial charge in [0, 0.05) is 23.7 Å². The first-order chi connectivity index (χ1) is 13.9. The van der Waals surface area contributed by atoms with Gasteiger partial charge in [-0.05, 0) is 50.9 Å². The summed E-state index contributed by atoms with van der Waals surface area (Å²) in [6, 6.07) is 2.94. The number of thiazole rings is 1. The van der Waals surface area contributed by atoms with Gasteiger partial charge < -0.3 is 5.32 Å². The molecular formula is C19H24ClFN4O2S2. The quantitative estimate of drug-likeness (QED) is 0.664. The van der Waals surface area contributed by atoms with Gasteiger partial charge in [-0.3, -0.25) is 9.62 Å². The molecule has 1 aromatic heterocycles. The van der Waals surface area contributed by atoms with E-state index in [1.165, 1.54) is 37.6 Å². The van der Waals surface area contributed by atoms with Crippen molar-refractivity contribution in [1.29, 1.82) is 0 Å². The van der Waals surface area contributed by atoms with Gasteiger partial charge >= 0.3 is 0 Å². The van der Waals surface area contributed by atoms with Gasteiger partial charge in [-0.15, -0.1) is 11.3 Å². The summed E-state index contributed by atoms with van der Waals surface area (Å²) < 4.78 is 42.1. The second kappa shape index (κ2) is 8.75. The summed E-state index contributed by atoms with van der Waals surface area (Å²) >= 11 is 7.49. The minimum absolute atomic E-state index is 0.176. The zero-order valence-electron chi connectivity index (χ0n) is 15.9. The Morgan fingerprint density at radius 1 is 1.17 bits per heavy atom. The lowest BCUT2D eigenvalue weighted by Crippen LogP contribution is -2.47. The Bertz CT molecular complexity index is 949. The molecule has 0 amide bonds. The first kappa shape index (κ1) is 20.8. The molecule has 0 radical (unpaired) electrons. The zero-order valence-corrected chi connectivity index (χ0v) is 18.3. The number of halogens is 2. The molecule has 0 spiro atoms. The van der Waals surface area contributed by atoms with Gasteiger partial charge in [0.05, 0.1) is 10.7 Å². The molecule has 2 fully saturated rings. The van der Waals surface area contributed by atoms with Crippen molar-refractivity contribution in [3.05, 3.63) is 34.5 Å². The predicted molar refractivity (Wildman–Crippen MR) is 115 cm³/mol. The summed E-state index contributed by atoms with van der Waals surface area (Å²) in [7, 11) is -4.11. The van der Waals surface area contributed by atoms with Crippen LogP contribution in [0.25, 0.3) is 0 Å². The van der Waals surface area contributed by atoms with Crippen molar-refractivity contribution < 1.29 is 12.8 Å². The third kappa shape index (κ3) is 4.68. The van der Waals surface area contributed by atoms with E-state index in [1.54, 1.807) is 5.38 Å². The number of rotatable bonds is 6. The summed E-state index contributed by atoms with van der Waals surface area (Å²) in [4.78, 5) is 5.90. The fraction of sp³-hybridized carbons (Fsp3) is 0.526. The van der Waals surface area contributed by atoms with Crippen LogP contribution in [0.1, 0.15) is 38.5 Å². The van der Waals surface area contributed by atoms with Crippen LogP contribution in [0.4, 0.5) is 15.2 Å². The molecular weight excluding hydrogens is 435 g/mol. The Morgan fingerprint density at radius 3 is 2.66 bits per heavy atom. The van der Waals surface area contributed by atoms with Gasteiger partial charge in [0.2, 0.25) is 0 Å². The molecule has 1 aromatic carbocycles. The lowest BCUT2D eigenvalue weighted by Gasteiger charge is -2.39. The molecule has 1 aliphatic carbocycles. The Labute approximate surface area is 179 Å². The van der Waals surface area contributed by atoms with Crippen molar-refractivity contribution >= 4 is 43.8 Å². The first-order valence-corrected chi connectivity index (χ1v) is 12.6. The van der Waals surface area contributed by atoms with Gasteiger partial charge in [0.25, 0.3) is 10.0 Å². The van der Waals surface area contributed by atoms with E-state index in [2.05, 4.69) is 19.9 Å². The fourth-order valence-corrected chi connectivity index (χ4v) is 6.44. The third-order valence-electron chi connectivity index (χ3n) is 5.65. The number of hydrogen-bond acceptors (Lipinski definition) is 6. The molecule has 0 bridgehead atoms. The number of nitrogens with zero attached hydrogens (tertiary/aromatic N) is 2. The van der Waals surface area contributed by atoms with Crippen LogP contribution in [0, 0.1) is 5.82 Å². The highest BCUT2D eigenvalue weighted by Crippen LogP contribution is 2.33. The molecule has 2 heterocycles. The van der Waals surface area contributed by atoms with E-state index < -0.39 is 20.7 Å². The van der Waals surface area contributed by atoms with E-state index in [-0.39, 0.29) is 16.2 Å². The van der Waals surface area contributed by atoms with Crippen molar-refractivity contribution in [2.75, 3.05) is 23.1 Å². The standard InChI is InChI=1S/C19H24ClFN4O2S2/c20-13-11-18(29(26,27)24-19-22-7-10-28-19)14(21)12-16(13)23-15-5-1-2-6-17(15)25-8-3-4-9-25/h7,10-12,15,17,23H,1-6,8-9H2,(H,22,24)/t15?,17-/m0/s1. The molecule has 10 heteroatoms. The largest absolute Gasteiger partial charge is 0.379 e. The van der Waals surface area contributed by atoms with Gasteiger partial charge in [-0.1, -0.05) is 24.4 Å². The van der Waals surface area contributed by atoms with E-state index in [1.807, 2.05) is 0 Å². The number of anilines is 2. The van der Waals surface area contributed by atoms with Crippen LogP contribution in [0.2, 0.25) is 5.02 Å². The molecule has 1 saturated carbocycles. The maximum absolute atomic E-state index is 14.8. The van der Waals surface area contributed by atoms with Crippen molar-refractivity contribution in [2.45, 2.75) is 55.5 Å². The average Bonchev–Trinajstić information content (AvgIpc) is 3.38. The van der Waals surface area contributed by atoms with Crippen molar-refractivity contribution in [1.82, 2.24) is 9.88 Å². The molecule has 1 saturated heterocycles. The minimum Gasteiger partial charge on any atom is -0.379 e. The highest BCUT2D eigenvalue weighted by molar-refractivity contribution is 7.93. The molecule has 6 nitrogen and oxygen atoms in total. The molecule has 29 heavy (non-hydrogen) atoms. The summed E-state index contributed by atoms with van der Waals surface area (Å²) in [6.07, 6.45) is 8.33. The zero-order chi connectivity index (χ0) is 20.4. The third-order valence-corrected chi connectivity index (χ3v) is 8.13. The highest BCUT2D eigenvalue weighted by atomic mass is 35.5. The van der Waals surface area contributed by atoms with Gasteiger partial charge in [0.1, 0.15) is 10.7 Å². The predicted octanol–water partition coefficient (Wildman–Crippen LogP) is 4.56. The number of likely N-dealkylation sites (tertiary alicyclic amines) is 1. The normalized spacial score (nSPS) is 23.2. The molecule has 1 unspecified atom stereocenters. The monoisotopic (exact) mass is 458 g/mol. The van der Waals surface area contributed by atoms with E-state index in [4.69, 9.17) is 11.6 Å². The second-order valence-electron chi connectivity index (χ2n) is 7.55. The summed E-state index contributed by atoms with van der Waals surface area (Å²) in [6.45, 7) is 2.20. The maximum atomic E-state index is 14.8. The smallest absolute Gasteiger partial charge is 0.266 e. The Balaban J connectivity index is 1.55. The van der Waals surface area contributed by atoms with Crippen LogP contribution in [-0.2, 0) is 10.0 Å². The first-order valence-electron chi connectivity index (χ1n) is 9.86. The molecule has 158 valence electrons. The fourth-order valence-electron chi connectivity index (χ4n) is 4.28. The van der Waals surface area contributed by atoms with E-state index in [9.17, 15) is 12.8 Å². The average molecular weight is 459 g/mol. The maximum Gasteiger partial charge on any atom is 0.266 e. The SMILES string of the molecule is O=S(=O)(Nc1nccs1)c1cc(Cl)c(NC2CCCC[C@@H]2N2CCCC2)cc1F. The Hall–Kier alpha value is -1.42. The van der Waals surface area contributed by atoms with Crippen LogP contribution < -0.4 is 10.0 Å². The minimum atomic E-state index is -4.11. The number of aromatic nitrogens is 1. The lowest BCUT2D eigenvalue weighted by atomic mass is 9.89. The van der Waals surface area contributed by atoms with Crippen molar-refractivity contribution in [2.24, 2.45) is 0 Å². The molecule has 2 N–H and O–H groups in total. The van der Waals surface area contributed by atoms with Gasteiger partial charge in [-0.25, -0.2) is 17.8 Å². The number of hydrogen-bond donors (Lipinski definition) is 2. The van der Waals surface area contributed by atoms with E-state index in [0.29, 0.717) is 11.7 Å². The van der Waals surface area contributed by atoms with Crippen LogP contribution in [0.3, 0.4) is 0 Å². The summed E-state index contributed by atoms with van der Waals surface area (Å²) in [5.74, 6) is -0.838. The molecule has 1 aliphatic heterocycles. The number of sulfonamides is 1. The van der Waals surface area contributed by atoms with Crippen LogP contribution in [0.5, 0.6) is 0 Å². The van der Waals surface area contributed by atoms with Crippen molar-refractivity contribution in [3.8, 4) is 0 Å². The van der Waals surface area contributed by atoms with Gasteiger partial charge in [-0.2, -0.15) is 0 Å². The Morgan fingerprint density at radius 2 is 1.93 bits per heavy atom. The second-order valence-corrected chi connectivity index (χ2v) is 10.5. The molecule has 4 rings (SSSR count). The van der Waals surface area contributed by atoms with Crippen LogP contribution in [0.15, 0.2) is 28.6 Å². The van der Waals surface area contributed by atoms with Gasteiger partial charge in [0.15, 0.2) is 5.13 Å². The topological polar surface area (TPSA) is 74.3 Å². The summed E-state index contributed by atoms with van der Waals surface area (Å²) in [5.41, 5.74) is 0.438. The lowest BCUT2D eigenvalue weighted by molar-refractivity contribution is 0.177. The summed E-state index contributed by atoms with van der Waals surface area (Å²) in [5, 5.41) is 5.41.